The van der Waals surface area contributed by atoms with Gasteiger partial charge in [0.2, 0.25) is 0 Å². The van der Waals surface area contributed by atoms with Gasteiger partial charge in [0, 0.05) is 0 Å². The molecule has 1 heterocycles. The number of esters is 1. The van der Waals surface area contributed by atoms with Crippen molar-refractivity contribution in [3.05, 3.63) is 51.9 Å². The first kappa shape index (κ1) is 18.3. The summed E-state index contributed by atoms with van der Waals surface area (Å²) in [5, 5.41) is 4.99. The van der Waals surface area contributed by atoms with Crippen molar-refractivity contribution in [3.8, 4) is 11.5 Å². The normalized spacial score (nSPS) is 11.0. The molecule has 1 N–H and O–H groups in total. The maximum absolute atomic E-state index is 12.8. The van der Waals surface area contributed by atoms with E-state index in [1.165, 1.54) is 19.2 Å². The van der Waals surface area contributed by atoms with Crippen molar-refractivity contribution in [1.29, 1.82) is 0 Å². The zero-order chi connectivity index (χ0) is 18.4. The summed E-state index contributed by atoms with van der Waals surface area (Å²) in [7, 11) is 1.23. The van der Waals surface area contributed by atoms with Crippen LogP contribution < -0.4 is 15.0 Å². The van der Waals surface area contributed by atoms with Gasteiger partial charge in [0.15, 0.2) is 11.3 Å². The molecule has 0 aliphatic rings. The van der Waals surface area contributed by atoms with Gasteiger partial charge in [-0.2, -0.15) is 18.3 Å². The van der Waals surface area contributed by atoms with Gasteiger partial charge >= 0.3 is 12.1 Å². The lowest BCUT2D eigenvalue weighted by molar-refractivity contribution is -0.140. The number of benzene rings is 1. The van der Waals surface area contributed by atoms with Crippen molar-refractivity contribution in [2.75, 3.05) is 20.3 Å². The summed E-state index contributed by atoms with van der Waals surface area (Å²) >= 11 is 0. The maximum atomic E-state index is 12.8. The molecule has 0 radical (unpaired) electrons. The summed E-state index contributed by atoms with van der Waals surface area (Å²) < 4.78 is 53.3. The third kappa shape index (κ3) is 4.72. The number of carbonyl (C=O) groups excluding carboxylic acids is 1. The summed E-state index contributed by atoms with van der Waals surface area (Å²) in [5.41, 5.74) is -2.59. The quantitative estimate of drug-likeness (QED) is 0.628. The molecule has 0 unspecified atom stereocenters. The van der Waals surface area contributed by atoms with Crippen LogP contribution in [0, 0.1) is 0 Å². The second-order valence-corrected chi connectivity index (χ2v) is 4.65. The molecule has 0 amide bonds. The maximum Gasteiger partial charge on any atom is 0.425 e. The first-order valence-electron chi connectivity index (χ1n) is 6.92. The minimum atomic E-state index is -4.87. The van der Waals surface area contributed by atoms with E-state index in [9.17, 15) is 22.8 Å². The molecule has 25 heavy (non-hydrogen) atoms. The van der Waals surface area contributed by atoms with Crippen LogP contribution in [0.4, 0.5) is 13.2 Å². The molecule has 1 aromatic carbocycles. The van der Waals surface area contributed by atoms with E-state index in [4.69, 9.17) is 9.47 Å². The Labute approximate surface area is 139 Å². The van der Waals surface area contributed by atoms with Gasteiger partial charge in [-0.05, 0) is 18.2 Å². The molecule has 0 spiro atoms. The Morgan fingerprint density at radius 1 is 1.24 bits per heavy atom. The van der Waals surface area contributed by atoms with Crippen molar-refractivity contribution in [2.24, 2.45) is 0 Å². The Kier molecular flexibility index (Phi) is 5.63. The van der Waals surface area contributed by atoms with Crippen molar-refractivity contribution in [2.45, 2.75) is 6.18 Å². The molecule has 0 saturated carbocycles. The summed E-state index contributed by atoms with van der Waals surface area (Å²) in [4.78, 5) is 22.7. The number of ether oxygens (including phenoxy) is 3. The minimum Gasteiger partial charge on any atom is -0.490 e. The molecule has 0 saturated heterocycles. The van der Waals surface area contributed by atoms with Crippen LogP contribution in [-0.4, -0.2) is 36.5 Å². The Morgan fingerprint density at radius 3 is 2.64 bits per heavy atom. The van der Waals surface area contributed by atoms with Crippen LogP contribution >= 0.6 is 0 Å². The highest BCUT2D eigenvalue weighted by Crippen LogP contribution is 2.32. The zero-order valence-electron chi connectivity index (χ0n) is 12.9. The number of nitrogens with one attached hydrogen (secondary N) is 1. The molecule has 0 aliphatic heterocycles. The van der Waals surface area contributed by atoms with Crippen LogP contribution in [-0.2, 0) is 10.9 Å². The molecule has 7 nitrogen and oxygen atoms in total. The summed E-state index contributed by atoms with van der Waals surface area (Å²) in [5.74, 6) is -0.930. The third-order valence-corrected chi connectivity index (χ3v) is 2.97. The molecule has 2 aromatic rings. The van der Waals surface area contributed by atoms with Crippen molar-refractivity contribution < 1.29 is 32.2 Å². The van der Waals surface area contributed by atoms with E-state index in [2.05, 4.69) is 9.84 Å². The highest BCUT2D eigenvalue weighted by Gasteiger charge is 2.38. The number of aromatic amines is 1. The number of hydrogen-bond acceptors (Lipinski definition) is 6. The molecule has 0 bridgehead atoms. The smallest absolute Gasteiger partial charge is 0.425 e. The summed E-state index contributed by atoms with van der Waals surface area (Å²) in [6.07, 6.45) is -4.11. The van der Waals surface area contributed by atoms with Crippen molar-refractivity contribution >= 4 is 5.97 Å². The highest BCUT2D eigenvalue weighted by molar-refractivity contribution is 5.89. The van der Waals surface area contributed by atoms with Crippen LogP contribution in [0.15, 0.2) is 35.3 Å². The van der Waals surface area contributed by atoms with Gasteiger partial charge in [-0.25, -0.2) is 9.89 Å². The fraction of sp³-hybridized carbons (Fsp3) is 0.267. The predicted octanol–water partition coefficient (Wildman–Crippen LogP) is 2.03. The van der Waals surface area contributed by atoms with Crippen LogP contribution in [0.25, 0.3) is 0 Å². The number of nitrogens with zero attached hydrogens (tertiary/aromatic N) is 1. The Balaban J connectivity index is 1.98. The number of alkyl halides is 3. The van der Waals surface area contributed by atoms with Gasteiger partial charge in [-0.3, -0.25) is 4.79 Å². The number of methoxy groups -OCH3 is 1. The highest BCUT2D eigenvalue weighted by atomic mass is 19.4. The molecule has 2 rings (SSSR count). The number of hydrogen-bond donors (Lipinski definition) is 1. The summed E-state index contributed by atoms with van der Waals surface area (Å²) in [6, 6.07) is 6.06. The van der Waals surface area contributed by atoms with Gasteiger partial charge in [0.1, 0.15) is 19.0 Å². The van der Waals surface area contributed by atoms with Gasteiger partial charge in [0.05, 0.1) is 18.9 Å². The van der Waals surface area contributed by atoms with E-state index >= 15 is 0 Å². The second-order valence-electron chi connectivity index (χ2n) is 4.65. The molecular formula is C15H13F3N2O5. The molecule has 0 aliphatic carbocycles. The van der Waals surface area contributed by atoms with Crippen LogP contribution in [0.2, 0.25) is 0 Å². The average Bonchev–Trinajstić information content (AvgIpc) is 2.57. The van der Waals surface area contributed by atoms with E-state index in [0.717, 1.165) is 6.20 Å². The van der Waals surface area contributed by atoms with Gasteiger partial charge < -0.3 is 14.2 Å². The van der Waals surface area contributed by atoms with E-state index in [1.807, 2.05) is 0 Å². The summed E-state index contributed by atoms with van der Waals surface area (Å²) in [6.45, 7) is -0.384. The number of aromatic nitrogens is 2. The number of carbonyl (C=O) groups is 1. The molecule has 1 aromatic heterocycles. The largest absolute Gasteiger partial charge is 0.490 e. The monoisotopic (exact) mass is 358 g/mol. The standard InChI is InChI=1S/C15H13F3N2O5/c1-23-14(22)9-3-2-4-10(7-9)24-5-6-25-11-8-19-20-13(21)12(11)15(16,17)18/h2-4,7-8H,5-6H2,1H3,(H,20,21). The predicted molar refractivity (Wildman–Crippen MR) is 78.6 cm³/mol. The van der Waals surface area contributed by atoms with Gasteiger partial charge in [-0.1, -0.05) is 6.07 Å². The van der Waals surface area contributed by atoms with Crippen LogP contribution in [0.1, 0.15) is 15.9 Å². The lowest BCUT2D eigenvalue weighted by Gasteiger charge is -2.12. The SMILES string of the molecule is COC(=O)c1cccc(OCCOc2cn[nH]c(=O)c2C(F)(F)F)c1. The van der Waals surface area contributed by atoms with E-state index < -0.39 is 29.0 Å². The molecule has 134 valence electrons. The number of H-pyrrole nitrogens is 1. The molecule has 0 fully saturated rings. The van der Waals surface area contributed by atoms with E-state index in [-0.39, 0.29) is 18.8 Å². The fourth-order valence-corrected chi connectivity index (χ4v) is 1.90. The van der Waals surface area contributed by atoms with Crippen molar-refractivity contribution in [1.82, 2.24) is 10.2 Å². The lowest BCUT2D eigenvalue weighted by Crippen LogP contribution is -2.24. The Bertz CT molecular complexity index is 804. The number of rotatable bonds is 6. The minimum absolute atomic E-state index is 0.116. The molecule has 10 heteroatoms. The molecular weight excluding hydrogens is 345 g/mol. The second kappa shape index (κ2) is 7.69. The van der Waals surface area contributed by atoms with Crippen LogP contribution in [0.5, 0.6) is 11.5 Å². The molecule has 0 atom stereocenters. The van der Waals surface area contributed by atoms with Gasteiger partial charge in [0.25, 0.3) is 5.56 Å². The first-order chi connectivity index (χ1) is 11.8. The van der Waals surface area contributed by atoms with E-state index in [1.54, 1.807) is 17.2 Å². The fourth-order valence-electron chi connectivity index (χ4n) is 1.90. The average molecular weight is 358 g/mol. The zero-order valence-corrected chi connectivity index (χ0v) is 12.9. The topological polar surface area (TPSA) is 90.5 Å². The Hall–Kier alpha value is -3.04. The first-order valence-corrected chi connectivity index (χ1v) is 6.92. The van der Waals surface area contributed by atoms with E-state index in [0.29, 0.717) is 5.75 Å². The number of halogens is 3. The lowest BCUT2D eigenvalue weighted by atomic mass is 10.2. The van der Waals surface area contributed by atoms with Crippen molar-refractivity contribution in [3.63, 3.8) is 0 Å². The van der Waals surface area contributed by atoms with Gasteiger partial charge in [-0.15, -0.1) is 0 Å². The Morgan fingerprint density at radius 2 is 1.96 bits per heavy atom. The van der Waals surface area contributed by atoms with Crippen LogP contribution in [0.3, 0.4) is 0 Å². The third-order valence-electron chi connectivity index (χ3n) is 2.97.